The highest BCUT2D eigenvalue weighted by Crippen LogP contribution is 2.40. The number of hydrogen-bond acceptors (Lipinski definition) is 12. The number of aliphatic carboxylic acids is 1. The van der Waals surface area contributed by atoms with Gasteiger partial charge in [0.05, 0.1) is 0 Å². The first-order valence-corrected chi connectivity index (χ1v) is 10.1. The molecule has 2 atom stereocenters. The second kappa shape index (κ2) is 8.66. The number of amides is 2. The average molecular weight is 456 g/mol. The van der Waals surface area contributed by atoms with E-state index in [0.717, 1.165) is 16.4 Å². The molecule has 1 saturated heterocycles. The van der Waals surface area contributed by atoms with Crippen LogP contribution < -0.4 is 11.1 Å². The SMILES string of the molecule is CON=C(C(=O)NC1C(=O)N2C(C(=O)O)=C(COC(C)=O)CS[C@@H]12)c1nsc(N)n1. The normalized spacial score (nSPS) is 20.9. The number of nitrogens with zero attached hydrogens (tertiary/aromatic N) is 4. The predicted octanol–water partition coefficient (Wildman–Crippen LogP) is -1.23. The smallest absolute Gasteiger partial charge is 0.352 e. The fraction of sp³-hybridized carbons (Fsp3) is 0.400. The van der Waals surface area contributed by atoms with Crippen molar-refractivity contribution < 1.29 is 33.9 Å². The lowest BCUT2D eigenvalue weighted by molar-refractivity contribution is -0.150. The van der Waals surface area contributed by atoms with Gasteiger partial charge < -0.3 is 25.7 Å². The largest absolute Gasteiger partial charge is 0.477 e. The molecule has 15 heteroatoms. The number of esters is 1. The average Bonchev–Trinajstić information content (AvgIpc) is 3.13. The number of aromatic nitrogens is 2. The number of thioether (sulfide) groups is 1. The van der Waals surface area contributed by atoms with Gasteiger partial charge in [-0.05, 0) is 0 Å². The van der Waals surface area contributed by atoms with Crippen molar-refractivity contribution in [2.75, 3.05) is 25.2 Å². The molecule has 0 saturated carbocycles. The number of carbonyl (C=O) groups excluding carboxylic acids is 3. The maximum atomic E-state index is 12.6. The van der Waals surface area contributed by atoms with Crippen molar-refractivity contribution in [1.82, 2.24) is 19.6 Å². The number of oxime groups is 1. The molecule has 0 aliphatic carbocycles. The Hall–Kier alpha value is -3.20. The summed E-state index contributed by atoms with van der Waals surface area (Å²) >= 11 is 2.09. The summed E-state index contributed by atoms with van der Waals surface area (Å²) in [5, 5.41) is 15.1. The number of β-lactam (4-membered cyclic amide) rings is 1. The molecule has 0 bridgehead atoms. The highest BCUT2D eigenvalue weighted by Gasteiger charge is 2.54. The summed E-state index contributed by atoms with van der Waals surface area (Å²) in [7, 11) is 1.23. The van der Waals surface area contributed by atoms with Gasteiger partial charge in [0.1, 0.15) is 30.8 Å². The highest BCUT2D eigenvalue weighted by molar-refractivity contribution is 8.00. The Morgan fingerprint density at radius 2 is 2.17 bits per heavy atom. The fourth-order valence-electron chi connectivity index (χ4n) is 2.80. The molecule has 2 amide bonds. The molecule has 0 spiro atoms. The number of carboxylic acid groups (broad SMARTS) is 1. The quantitative estimate of drug-likeness (QED) is 0.193. The van der Waals surface area contributed by atoms with E-state index < -0.39 is 35.2 Å². The summed E-state index contributed by atoms with van der Waals surface area (Å²) in [6, 6.07) is -0.995. The summed E-state index contributed by atoms with van der Waals surface area (Å²) in [5.41, 5.74) is 5.28. The Morgan fingerprint density at radius 3 is 2.73 bits per heavy atom. The fourth-order valence-corrected chi connectivity index (χ4v) is 4.56. The number of rotatable bonds is 7. The Morgan fingerprint density at radius 1 is 1.43 bits per heavy atom. The standard InChI is InChI=1S/C15H16N6O7S2/c1-5(22)28-3-6-4-29-13-8(12(24)21(13)9(6)14(25)26)17-11(23)7(19-27-2)10-18-15(16)30-20-10/h8,13H,3-4H2,1-2H3,(H,17,23)(H,25,26)(H2,16,18,20)/t8?,13-/m0/s1. The number of carboxylic acids is 1. The van der Waals surface area contributed by atoms with E-state index in [0.29, 0.717) is 5.57 Å². The number of nitrogen functional groups attached to an aromatic ring is 1. The van der Waals surface area contributed by atoms with Gasteiger partial charge in [0.25, 0.3) is 11.8 Å². The molecule has 1 fully saturated rings. The molecule has 13 nitrogen and oxygen atoms in total. The zero-order valence-corrected chi connectivity index (χ0v) is 17.3. The van der Waals surface area contributed by atoms with E-state index in [2.05, 4.69) is 24.7 Å². The van der Waals surface area contributed by atoms with Crippen molar-refractivity contribution in [3.63, 3.8) is 0 Å². The van der Waals surface area contributed by atoms with Crippen LogP contribution in [0.2, 0.25) is 0 Å². The number of hydrogen-bond donors (Lipinski definition) is 3. The first-order chi connectivity index (χ1) is 14.2. The van der Waals surface area contributed by atoms with Crippen LogP contribution in [0, 0.1) is 0 Å². The summed E-state index contributed by atoms with van der Waals surface area (Å²) in [6.45, 7) is 0.961. The molecule has 4 N–H and O–H groups in total. The Kier molecular flexibility index (Phi) is 6.21. The lowest BCUT2D eigenvalue weighted by Crippen LogP contribution is -2.71. The first kappa shape index (κ1) is 21.5. The van der Waals surface area contributed by atoms with E-state index in [4.69, 9.17) is 10.5 Å². The minimum absolute atomic E-state index is 0.0634. The molecule has 1 unspecified atom stereocenters. The van der Waals surface area contributed by atoms with Crippen molar-refractivity contribution in [1.29, 1.82) is 0 Å². The molecule has 2 aliphatic rings. The van der Waals surface area contributed by atoms with E-state index in [9.17, 15) is 24.3 Å². The van der Waals surface area contributed by atoms with Gasteiger partial charge in [-0.2, -0.15) is 9.36 Å². The minimum atomic E-state index is -1.33. The zero-order chi connectivity index (χ0) is 22.0. The van der Waals surface area contributed by atoms with Gasteiger partial charge in [-0.1, -0.05) is 5.16 Å². The number of nitrogens with two attached hydrogens (primary N) is 1. The first-order valence-electron chi connectivity index (χ1n) is 8.29. The van der Waals surface area contributed by atoms with Crippen molar-refractivity contribution in [2.45, 2.75) is 18.3 Å². The van der Waals surface area contributed by atoms with Crippen LogP contribution in [0.3, 0.4) is 0 Å². The van der Waals surface area contributed by atoms with Crippen LogP contribution in [-0.2, 0) is 28.8 Å². The summed E-state index contributed by atoms with van der Waals surface area (Å²) in [4.78, 5) is 57.6. The van der Waals surface area contributed by atoms with Crippen molar-refractivity contribution >= 4 is 57.9 Å². The maximum Gasteiger partial charge on any atom is 0.352 e. The number of anilines is 1. The van der Waals surface area contributed by atoms with Gasteiger partial charge in [-0.3, -0.25) is 19.3 Å². The second-order valence-corrected chi connectivity index (χ2v) is 7.87. The van der Waals surface area contributed by atoms with Gasteiger partial charge in [0, 0.05) is 29.8 Å². The lowest BCUT2D eigenvalue weighted by atomic mass is 10.0. The van der Waals surface area contributed by atoms with Crippen LogP contribution in [0.15, 0.2) is 16.4 Å². The Labute approximate surface area is 177 Å². The number of nitrogens with one attached hydrogen (secondary N) is 1. The van der Waals surface area contributed by atoms with Gasteiger partial charge in [-0.15, -0.1) is 11.8 Å². The van der Waals surface area contributed by atoms with E-state index >= 15 is 0 Å². The summed E-state index contributed by atoms with van der Waals surface area (Å²) < 4.78 is 8.77. The Balaban J connectivity index is 1.77. The van der Waals surface area contributed by atoms with Crippen LogP contribution in [-0.4, -0.2) is 79.7 Å². The number of carbonyl (C=O) groups is 4. The molecule has 160 valence electrons. The third-order valence-electron chi connectivity index (χ3n) is 4.04. The van der Waals surface area contributed by atoms with Gasteiger partial charge in [0.15, 0.2) is 5.13 Å². The highest BCUT2D eigenvalue weighted by atomic mass is 32.2. The minimum Gasteiger partial charge on any atom is -0.477 e. The van der Waals surface area contributed by atoms with Crippen LogP contribution >= 0.6 is 23.3 Å². The second-order valence-electron chi connectivity index (χ2n) is 5.98. The summed E-state index contributed by atoms with van der Waals surface area (Å²) in [6.07, 6.45) is 0. The van der Waals surface area contributed by atoms with E-state index in [1.54, 1.807) is 0 Å². The predicted molar refractivity (Wildman–Crippen MR) is 104 cm³/mol. The maximum absolute atomic E-state index is 12.6. The van der Waals surface area contributed by atoms with E-state index in [1.165, 1.54) is 25.8 Å². The monoisotopic (exact) mass is 456 g/mol. The topological polar surface area (TPSA) is 186 Å². The number of fused-ring (bicyclic) bond motifs is 1. The molecule has 1 aromatic rings. The van der Waals surface area contributed by atoms with Gasteiger partial charge in [-0.25, -0.2) is 4.79 Å². The van der Waals surface area contributed by atoms with Crippen LogP contribution in [0.1, 0.15) is 12.7 Å². The molecule has 0 radical (unpaired) electrons. The van der Waals surface area contributed by atoms with Crippen molar-refractivity contribution in [2.24, 2.45) is 5.16 Å². The van der Waals surface area contributed by atoms with Crippen LogP contribution in [0.4, 0.5) is 5.13 Å². The molecule has 3 rings (SSSR count). The molecule has 0 aromatic carbocycles. The van der Waals surface area contributed by atoms with Gasteiger partial charge >= 0.3 is 11.9 Å². The Bertz CT molecular complexity index is 974. The summed E-state index contributed by atoms with van der Waals surface area (Å²) in [5.74, 6) is -3.16. The van der Waals surface area contributed by atoms with Gasteiger partial charge in [0.2, 0.25) is 11.5 Å². The number of ether oxygens (including phenoxy) is 1. The van der Waals surface area contributed by atoms with Crippen molar-refractivity contribution in [3.05, 3.63) is 17.1 Å². The van der Waals surface area contributed by atoms with Crippen LogP contribution in [0.5, 0.6) is 0 Å². The molecule has 3 heterocycles. The van der Waals surface area contributed by atoms with Crippen molar-refractivity contribution in [3.8, 4) is 0 Å². The third-order valence-corrected chi connectivity index (χ3v) is 5.92. The van der Waals surface area contributed by atoms with E-state index in [1.807, 2.05) is 0 Å². The molecule has 2 aliphatic heterocycles. The van der Waals surface area contributed by atoms with E-state index in [-0.39, 0.29) is 34.7 Å². The molecule has 1 aromatic heterocycles. The third kappa shape index (κ3) is 4.06. The zero-order valence-electron chi connectivity index (χ0n) is 15.6. The molecule has 30 heavy (non-hydrogen) atoms. The molecular formula is C15H16N6O7S2. The van der Waals surface area contributed by atoms with Crippen LogP contribution in [0.25, 0.3) is 0 Å². The lowest BCUT2D eigenvalue weighted by Gasteiger charge is -2.49. The molecular weight excluding hydrogens is 440 g/mol.